The summed E-state index contributed by atoms with van der Waals surface area (Å²) in [5.74, 6) is 0. The molecule has 2 amide bonds. The second-order valence-corrected chi connectivity index (χ2v) is 3.08. The van der Waals surface area contributed by atoms with E-state index in [9.17, 15) is 14.4 Å². The van der Waals surface area contributed by atoms with Crippen molar-refractivity contribution in [1.29, 1.82) is 5.53 Å². The van der Waals surface area contributed by atoms with Gasteiger partial charge < -0.3 is 10.1 Å². The molecule has 0 radical (unpaired) electrons. The summed E-state index contributed by atoms with van der Waals surface area (Å²) >= 11 is 0. The Labute approximate surface area is 97.9 Å². The Kier molecular flexibility index (Phi) is 9.16. The van der Waals surface area contributed by atoms with Gasteiger partial charge in [-0.2, -0.15) is 5.53 Å². The average Bonchev–Trinajstić information content (AvgIpc) is 2.32. The Morgan fingerprint density at radius 1 is 1.24 bits per heavy atom. The van der Waals surface area contributed by atoms with Gasteiger partial charge in [-0.3, -0.25) is 0 Å². The Morgan fingerprint density at radius 3 is 2.59 bits per heavy atom. The van der Waals surface area contributed by atoms with Crippen LogP contribution in [0, 0.1) is 5.53 Å². The molecule has 0 unspecified atom stereocenters. The van der Waals surface area contributed by atoms with Crippen molar-refractivity contribution >= 4 is 18.3 Å². The standard InChI is InChI=1S/C9H14N4O4/c10-13-9(16)17-8(15)12-6-4-2-1-3-5-11-7-14/h10H,1-6H2,(H,12,15). The number of alkyl carbamates (subject to hydrolysis) is 1. The summed E-state index contributed by atoms with van der Waals surface area (Å²) in [5, 5.41) is 4.74. The summed E-state index contributed by atoms with van der Waals surface area (Å²) in [4.78, 5) is 34.3. The number of ether oxygens (including phenoxy) is 1. The van der Waals surface area contributed by atoms with E-state index in [1.165, 1.54) is 6.08 Å². The van der Waals surface area contributed by atoms with Crippen molar-refractivity contribution in [3.8, 4) is 0 Å². The van der Waals surface area contributed by atoms with Gasteiger partial charge in [0, 0.05) is 6.54 Å². The van der Waals surface area contributed by atoms with E-state index in [0.717, 1.165) is 25.7 Å². The zero-order chi connectivity index (χ0) is 12.9. The molecule has 0 fully saturated rings. The fourth-order valence-electron chi connectivity index (χ4n) is 1.04. The first-order valence-electron chi connectivity index (χ1n) is 5.11. The van der Waals surface area contributed by atoms with Crippen molar-refractivity contribution < 1.29 is 19.1 Å². The maximum absolute atomic E-state index is 10.8. The number of isocyanates is 1. The SMILES string of the molecule is N=NC(=O)OC(=O)NCCCCCCN=C=O. The van der Waals surface area contributed by atoms with E-state index in [-0.39, 0.29) is 0 Å². The van der Waals surface area contributed by atoms with E-state index in [0.29, 0.717) is 13.1 Å². The zero-order valence-corrected chi connectivity index (χ0v) is 9.27. The van der Waals surface area contributed by atoms with E-state index >= 15 is 0 Å². The Morgan fingerprint density at radius 2 is 1.94 bits per heavy atom. The third kappa shape index (κ3) is 10.2. The van der Waals surface area contributed by atoms with Gasteiger partial charge in [-0.15, -0.1) is 0 Å². The first-order chi connectivity index (χ1) is 8.20. The topological polar surface area (TPSA) is 121 Å². The smallest absolute Gasteiger partial charge is 0.357 e. The highest BCUT2D eigenvalue weighted by atomic mass is 16.6. The van der Waals surface area contributed by atoms with Gasteiger partial charge in [0.2, 0.25) is 6.08 Å². The first kappa shape index (κ1) is 14.9. The summed E-state index contributed by atoms with van der Waals surface area (Å²) in [6, 6.07) is 0. The van der Waals surface area contributed by atoms with E-state index in [2.05, 4.69) is 20.2 Å². The minimum atomic E-state index is -1.24. The summed E-state index contributed by atoms with van der Waals surface area (Å²) < 4.78 is 4.06. The summed E-state index contributed by atoms with van der Waals surface area (Å²) in [7, 11) is 0. The number of unbranched alkanes of at least 4 members (excludes halogenated alkanes) is 3. The number of hydrogen-bond acceptors (Lipinski definition) is 6. The number of nitrogens with zero attached hydrogens (tertiary/aromatic N) is 2. The summed E-state index contributed by atoms with van der Waals surface area (Å²) in [6.45, 7) is 0.847. The van der Waals surface area contributed by atoms with Crippen LogP contribution in [0.1, 0.15) is 25.7 Å². The number of rotatable bonds is 7. The minimum absolute atomic E-state index is 0.376. The van der Waals surface area contributed by atoms with Gasteiger partial charge in [0.1, 0.15) is 0 Å². The van der Waals surface area contributed by atoms with Crippen LogP contribution in [0.15, 0.2) is 10.1 Å². The average molecular weight is 242 g/mol. The van der Waals surface area contributed by atoms with Crippen molar-refractivity contribution in [3.63, 3.8) is 0 Å². The van der Waals surface area contributed by atoms with E-state index in [1.807, 2.05) is 0 Å². The van der Waals surface area contributed by atoms with Crippen molar-refractivity contribution in [2.24, 2.45) is 10.1 Å². The second kappa shape index (κ2) is 10.4. The lowest BCUT2D eigenvalue weighted by molar-refractivity contribution is 0.155. The second-order valence-electron chi connectivity index (χ2n) is 3.08. The molecule has 0 saturated carbocycles. The summed E-state index contributed by atoms with van der Waals surface area (Å²) in [5.41, 5.74) is 6.26. The molecule has 2 N–H and O–H groups in total. The zero-order valence-electron chi connectivity index (χ0n) is 9.27. The quantitative estimate of drug-likeness (QED) is 0.232. The highest BCUT2D eigenvalue weighted by Crippen LogP contribution is 1.98. The number of nitrogens with one attached hydrogen (secondary N) is 2. The Bertz CT molecular complexity index is 312. The van der Waals surface area contributed by atoms with Gasteiger partial charge in [0.15, 0.2) is 0 Å². The molecule has 0 atom stereocenters. The molecule has 0 spiro atoms. The lowest BCUT2D eigenvalue weighted by Crippen LogP contribution is -2.26. The van der Waals surface area contributed by atoms with E-state index < -0.39 is 12.2 Å². The number of carbonyl (C=O) groups is 2. The molecule has 94 valence electrons. The van der Waals surface area contributed by atoms with Crippen LogP contribution in [0.3, 0.4) is 0 Å². The molecule has 0 aromatic rings. The molecule has 0 saturated heterocycles. The lowest BCUT2D eigenvalue weighted by atomic mass is 10.2. The molecule has 0 aliphatic heterocycles. The van der Waals surface area contributed by atoms with Crippen molar-refractivity contribution in [3.05, 3.63) is 0 Å². The van der Waals surface area contributed by atoms with Crippen molar-refractivity contribution in [2.75, 3.05) is 13.1 Å². The fraction of sp³-hybridized carbons (Fsp3) is 0.667. The molecule has 0 aromatic heterocycles. The summed E-state index contributed by atoms with van der Waals surface area (Å²) in [6.07, 6.45) is 2.59. The molecule has 0 aliphatic rings. The van der Waals surface area contributed by atoms with E-state index in [4.69, 9.17) is 5.53 Å². The van der Waals surface area contributed by atoms with Crippen molar-refractivity contribution in [2.45, 2.75) is 25.7 Å². The van der Waals surface area contributed by atoms with Gasteiger partial charge in [-0.1, -0.05) is 18.0 Å². The highest BCUT2D eigenvalue weighted by Gasteiger charge is 2.06. The van der Waals surface area contributed by atoms with Crippen LogP contribution in [-0.4, -0.2) is 31.4 Å². The third-order valence-electron chi connectivity index (χ3n) is 1.80. The molecular weight excluding hydrogens is 228 g/mol. The van der Waals surface area contributed by atoms with Crippen LogP contribution >= 0.6 is 0 Å². The third-order valence-corrected chi connectivity index (χ3v) is 1.80. The van der Waals surface area contributed by atoms with E-state index in [1.54, 1.807) is 0 Å². The largest absolute Gasteiger partial charge is 0.460 e. The molecule has 0 aromatic carbocycles. The Hall–Kier alpha value is -2.08. The minimum Gasteiger partial charge on any atom is -0.357 e. The van der Waals surface area contributed by atoms with Crippen LogP contribution in [0.25, 0.3) is 0 Å². The van der Waals surface area contributed by atoms with Crippen LogP contribution in [0.5, 0.6) is 0 Å². The highest BCUT2D eigenvalue weighted by molar-refractivity contribution is 5.83. The molecular formula is C9H14N4O4. The van der Waals surface area contributed by atoms with Crippen LogP contribution in [-0.2, 0) is 9.53 Å². The molecule has 0 heterocycles. The number of carbonyl (C=O) groups excluding carboxylic acids is 3. The molecule has 8 nitrogen and oxygen atoms in total. The van der Waals surface area contributed by atoms with Gasteiger partial charge in [-0.25, -0.2) is 19.4 Å². The molecule has 17 heavy (non-hydrogen) atoms. The van der Waals surface area contributed by atoms with Crippen LogP contribution < -0.4 is 5.32 Å². The van der Waals surface area contributed by atoms with Crippen LogP contribution in [0.2, 0.25) is 0 Å². The number of hydrogen-bond donors (Lipinski definition) is 2. The maximum Gasteiger partial charge on any atom is 0.460 e. The molecule has 0 bridgehead atoms. The van der Waals surface area contributed by atoms with Gasteiger partial charge in [0.25, 0.3) is 0 Å². The molecule has 0 aliphatic carbocycles. The van der Waals surface area contributed by atoms with Crippen molar-refractivity contribution in [1.82, 2.24) is 5.32 Å². The molecule has 0 rings (SSSR count). The lowest BCUT2D eigenvalue weighted by Gasteiger charge is -2.02. The first-order valence-corrected chi connectivity index (χ1v) is 5.11. The maximum atomic E-state index is 10.8. The number of amides is 2. The predicted molar refractivity (Wildman–Crippen MR) is 56.5 cm³/mol. The monoisotopic (exact) mass is 242 g/mol. The van der Waals surface area contributed by atoms with Crippen LogP contribution in [0.4, 0.5) is 9.59 Å². The van der Waals surface area contributed by atoms with Gasteiger partial charge >= 0.3 is 12.2 Å². The Balaban J connectivity index is 3.33. The number of aliphatic imine (C=N–C) groups is 1. The fourth-order valence-corrected chi connectivity index (χ4v) is 1.04. The normalized spacial score (nSPS) is 8.94. The van der Waals surface area contributed by atoms with Gasteiger partial charge in [0.05, 0.1) is 6.54 Å². The van der Waals surface area contributed by atoms with Gasteiger partial charge in [-0.05, 0) is 12.8 Å². The molecule has 8 heteroatoms. The predicted octanol–water partition coefficient (Wildman–Crippen LogP) is 1.76.